The van der Waals surface area contributed by atoms with Crippen molar-refractivity contribution in [2.45, 2.75) is 43.5 Å². The predicted molar refractivity (Wildman–Crippen MR) is 96.0 cm³/mol. The number of alkyl halides is 1. The summed E-state index contributed by atoms with van der Waals surface area (Å²) in [5.41, 5.74) is 3.06. The summed E-state index contributed by atoms with van der Waals surface area (Å²) in [5, 5.41) is 0. The molecule has 0 amide bonds. The van der Waals surface area contributed by atoms with Crippen LogP contribution in [0.1, 0.15) is 45.7 Å². The molecule has 0 radical (unpaired) electrons. The van der Waals surface area contributed by atoms with Gasteiger partial charge in [-0.15, -0.1) is 0 Å². The van der Waals surface area contributed by atoms with Gasteiger partial charge in [-0.1, -0.05) is 0 Å². The third kappa shape index (κ3) is 4.95. The van der Waals surface area contributed by atoms with E-state index in [0.717, 1.165) is 0 Å². The molecule has 0 aliphatic heterocycles. The maximum absolute atomic E-state index is 2.50. The van der Waals surface area contributed by atoms with Crippen LogP contribution in [-0.2, 0) is 8.84 Å². The molecule has 2 aromatic carbocycles. The van der Waals surface area contributed by atoms with Crippen molar-refractivity contribution in [2.24, 2.45) is 0 Å². The van der Waals surface area contributed by atoms with Crippen molar-refractivity contribution in [2.75, 3.05) is 0 Å². The molecule has 2 rings (SSSR count). The monoisotopic (exact) mass is 505 g/mol. The van der Waals surface area contributed by atoms with Crippen molar-refractivity contribution in [1.29, 1.82) is 0 Å². The van der Waals surface area contributed by atoms with E-state index in [1.54, 1.807) is 0 Å². The average Bonchev–Trinajstić information content (AvgIpc) is 2.38. The molecule has 0 aliphatic carbocycles. The number of halogens is 2. The first-order valence-corrected chi connectivity index (χ1v) is 10.4. The Morgan fingerprint density at radius 3 is 1.38 bits per heavy atom. The van der Waals surface area contributed by atoms with E-state index in [9.17, 15) is 0 Å². The number of hydrogen-bond acceptors (Lipinski definition) is 0. The van der Waals surface area contributed by atoms with E-state index in [-0.39, 0.29) is 30.0 Å². The summed E-state index contributed by atoms with van der Waals surface area (Å²) >= 11 is 2.42. The van der Waals surface area contributed by atoms with Gasteiger partial charge in [0.05, 0.1) is 0 Å². The Labute approximate surface area is 153 Å². The van der Waals surface area contributed by atoms with E-state index in [0.29, 0.717) is 0 Å². The van der Waals surface area contributed by atoms with Crippen LogP contribution in [0.5, 0.6) is 0 Å². The zero-order chi connectivity index (χ0) is 15.7. The van der Waals surface area contributed by atoms with Gasteiger partial charge >= 0.3 is 154 Å². The Morgan fingerprint density at radius 1 is 0.667 bits per heavy atom. The Morgan fingerprint density at radius 2 is 1.05 bits per heavy atom. The summed E-state index contributed by atoms with van der Waals surface area (Å²) in [7, 11) is 0. The van der Waals surface area contributed by atoms with Crippen LogP contribution in [0.4, 0.5) is 0 Å². The molecule has 0 saturated heterocycles. The normalized spacial score (nSPS) is 12.7. The van der Waals surface area contributed by atoms with E-state index in [2.05, 4.69) is 106 Å². The molecule has 0 fully saturated rings. The third-order valence-corrected chi connectivity index (χ3v) is 6.77. The molecule has 21 heavy (non-hydrogen) atoms. The van der Waals surface area contributed by atoms with Gasteiger partial charge in [-0.2, -0.15) is 0 Å². The van der Waals surface area contributed by atoms with Crippen molar-refractivity contribution >= 4 is 22.6 Å². The van der Waals surface area contributed by atoms with Gasteiger partial charge in [0.2, 0.25) is 0 Å². The SMILES string of the molecule is CC(C)(C)c1ccc([I-]c2ccc(C(C)(C)I)cc2)cc1. The predicted octanol–water partition coefficient (Wildman–Crippen LogP) is 2.78. The fourth-order valence-electron chi connectivity index (χ4n) is 2.05. The van der Waals surface area contributed by atoms with Crippen LogP contribution in [0, 0.1) is 7.14 Å². The molecular formula is C19H23I2-. The molecule has 0 aliphatic rings. The van der Waals surface area contributed by atoms with Gasteiger partial charge in [0.25, 0.3) is 0 Å². The number of benzene rings is 2. The second-order valence-corrected chi connectivity index (χ2v) is 12.6. The Kier molecular flexibility index (Phi) is 5.40. The zero-order valence-corrected chi connectivity index (χ0v) is 17.7. The molecule has 0 N–H and O–H groups in total. The molecule has 0 saturated carbocycles. The molecule has 0 nitrogen and oxygen atoms in total. The third-order valence-electron chi connectivity index (χ3n) is 3.46. The molecule has 0 aromatic heterocycles. The maximum atomic E-state index is 2.50. The van der Waals surface area contributed by atoms with E-state index >= 15 is 0 Å². The molecule has 2 heteroatoms. The van der Waals surface area contributed by atoms with E-state index in [1.165, 1.54) is 18.3 Å². The van der Waals surface area contributed by atoms with Crippen molar-refractivity contribution < 1.29 is 21.2 Å². The minimum absolute atomic E-state index is 0.0728. The molecule has 0 spiro atoms. The summed E-state index contributed by atoms with van der Waals surface area (Å²) in [4.78, 5) is 0. The molecule has 0 heterocycles. The van der Waals surface area contributed by atoms with Gasteiger partial charge in [-0.05, 0) is 0 Å². The molecule has 0 unspecified atom stereocenters. The molecule has 114 valence electrons. The summed E-state index contributed by atoms with van der Waals surface area (Å²) in [6.45, 7) is 11.3. The van der Waals surface area contributed by atoms with Crippen LogP contribution in [0.25, 0.3) is 0 Å². The number of rotatable bonds is 3. The Hall–Kier alpha value is -0.100. The second kappa shape index (κ2) is 6.57. The van der Waals surface area contributed by atoms with Gasteiger partial charge in [-0.3, -0.25) is 0 Å². The standard InChI is InChI=1S/C19H23I2/c1-18(2,3)14-6-10-16(11-7-14)21-17-12-8-15(9-13-17)19(4,5)20/h6-13H,1-5H3/q-1. The topological polar surface area (TPSA) is 0 Å². The fraction of sp³-hybridized carbons (Fsp3) is 0.368. The van der Waals surface area contributed by atoms with Crippen molar-refractivity contribution in [3.8, 4) is 0 Å². The van der Waals surface area contributed by atoms with Gasteiger partial charge < -0.3 is 0 Å². The van der Waals surface area contributed by atoms with Crippen molar-refractivity contribution in [3.05, 3.63) is 66.8 Å². The minimum atomic E-state index is -0.0728. The van der Waals surface area contributed by atoms with E-state index < -0.39 is 0 Å². The summed E-state index contributed by atoms with van der Waals surface area (Å²) in [5.74, 6) is 0. The zero-order valence-electron chi connectivity index (χ0n) is 13.4. The van der Waals surface area contributed by atoms with Crippen LogP contribution in [-0.4, -0.2) is 0 Å². The van der Waals surface area contributed by atoms with Crippen LogP contribution in [0.15, 0.2) is 48.5 Å². The molecule has 2 aromatic rings. The molecule has 0 bridgehead atoms. The van der Waals surface area contributed by atoms with Crippen molar-refractivity contribution in [3.63, 3.8) is 0 Å². The van der Waals surface area contributed by atoms with E-state index in [4.69, 9.17) is 0 Å². The first kappa shape index (κ1) is 17.3. The Bertz CT molecular complexity index is 526. The van der Waals surface area contributed by atoms with Gasteiger partial charge in [0, 0.05) is 0 Å². The van der Waals surface area contributed by atoms with Crippen LogP contribution in [0.3, 0.4) is 0 Å². The molecule has 0 atom stereocenters. The molecular weight excluding hydrogens is 482 g/mol. The van der Waals surface area contributed by atoms with Gasteiger partial charge in [0.1, 0.15) is 0 Å². The number of hydrogen-bond donors (Lipinski definition) is 0. The Balaban J connectivity index is 2.12. The van der Waals surface area contributed by atoms with Crippen LogP contribution < -0.4 is 21.2 Å². The van der Waals surface area contributed by atoms with Gasteiger partial charge in [-0.25, -0.2) is 0 Å². The fourth-order valence-corrected chi connectivity index (χ4v) is 4.57. The van der Waals surface area contributed by atoms with E-state index in [1.807, 2.05) is 0 Å². The summed E-state index contributed by atoms with van der Waals surface area (Å²) < 4.78 is 3.19. The van der Waals surface area contributed by atoms with Crippen LogP contribution in [0.2, 0.25) is 0 Å². The van der Waals surface area contributed by atoms with Gasteiger partial charge in [0.15, 0.2) is 0 Å². The summed E-state index contributed by atoms with van der Waals surface area (Å²) in [6.07, 6.45) is 0. The second-order valence-electron chi connectivity index (χ2n) is 6.83. The average molecular weight is 505 g/mol. The van der Waals surface area contributed by atoms with Crippen LogP contribution >= 0.6 is 22.6 Å². The summed E-state index contributed by atoms with van der Waals surface area (Å²) in [6, 6.07) is 18.4. The van der Waals surface area contributed by atoms with Crippen molar-refractivity contribution in [1.82, 2.24) is 0 Å². The first-order chi connectivity index (χ1) is 9.66. The first-order valence-electron chi connectivity index (χ1n) is 7.21. The quantitative estimate of drug-likeness (QED) is 0.445.